The van der Waals surface area contributed by atoms with Crippen molar-refractivity contribution in [2.75, 3.05) is 11.1 Å². The zero-order valence-electron chi connectivity index (χ0n) is 12.0. The number of amides is 1. The summed E-state index contributed by atoms with van der Waals surface area (Å²) in [7, 11) is 0. The predicted molar refractivity (Wildman–Crippen MR) is 89.2 cm³/mol. The summed E-state index contributed by atoms with van der Waals surface area (Å²) in [6.45, 7) is 0.322. The quantitative estimate of drug-likeness (QED) is 0.652. The molecule has 0 unspecified atom stereocenters. The number of carbonyl (C=O) groups excluding carboxylic acids is 1. The topological polar surface area (TPSA) is 98.7 Å². The zero-order chi connectivity index (χ0) is 16.9. The highest BCUT2D eigenvalue weighted by Crippen LogP contribution is 2.25. The number of hydrogen-bond acceptors (Lipinski definition) is 7. The van der Waals surface area contributed by atoms with Crippen molar-refractivity contribution in [1.29, 1.82) is 0 Å². The number of nitrogens with one attached hydrogen (secondary N) is 1. The van der Waals surface area contributed by atoms with Crippen LogP contribution in [0.4, 0.5) is 5.69 Å². The van der Waals surface area contributed by atoms with E-state index in [0.29, 0.717) is 33.4 Å². The molecule has 11 heteroatoms. The summed E-state index contributed by atoms with van der Waals surface area (Å²) in [5, 5.41) is 15.5. The van der Waals surface area contributed by atoms with Gasteiger partial charge in [-0.25, -0.2) is 9.67 Å². The van der Waals surface area contributed by atoms with Crippen molar-refractivity contribution in [1.82, 2.24) is 25.0 Å². The molecule has 0 saturated carbocycles. The largest absolute Gasteiger partial charge is 0.414 e. The molecule has 8 nitrogen and oxygen atoms in total. The Morgan fingerprint density at radius 2 is 2.17 bits per heavy atom. The van der Waals surface area contributed by atoms with Gasteiger partial charge in [0.1, 0.15) is 19.2 Å². The number of benzene rings is 1. The third-order valence-corrected chi connectivity index (χ3v) is 4.30. The van der Waals surface area contributed by atoms with Crippen molar-refractivity contribution in [3.8, 4) is 0 Å². The van der Waals surface area contributed by atoms with Gasteiger partial charge in [-0.3, -0.25) is 4.79 Å². The van der Waals surface area contributed by atoms with Gasteiger partial charge in [-0.15, -0.1) is 10.2 Å². The Morgan fingerprint density at radius 3 is 2.92 bits per heavy atom. The summed E-state index contributed by atoms with van der Waals surface area (Å²) in [5.41, 5.74) is 0.562. The van der Waals surface area contributed by atoms with Gasteiger partial charge in [-0.05, 0) is 18.2 Å². The molecule has 0 bridgehead atoms. The van der Waals surface area contributed by atoms with Crippen LogP contribution in [0.25, 0.3) is 0 Å². The Bertz CT molecular complexity index is 839. The lowest BCUT2D eigenvalue weighted by atomic mass is 10.3. The Kier molecular flexibility index (Phi) is 5.34. The maximum absolute atomic E-state index is 11.9. The van der Waals surface area contributed by atoms with E-state index in [1.54, 1.807) is 29.2 Å². The number of hydrogen-bond donors (Lipinski definition) is 1. The molecule has 1 aromatic carbocycles. The molecule has 0 aliphatic heterocycles. The first-order chi connectivity index (χ1) is 11.6. The van der Waals surface area contributed by atoms with E-state index in [9.17, 15) is 4.79 Å². The number of carbonyl (C=O) groups is 1. The van der Waals surface area contributed by atoms with Crippen molar-refractivity contribution in [3.05, 3.63) is 46.8 Å². The van der Waals surface area contributed by atoms with E-state index in [4.69, 9.17) is 27.6 Å². The number of nitrogens with zero attached hydrogens (tertiary/aromatic N) is 5. The summed E-state index contributed by atoms with van der Waals surface area (Å²) in [4.78, 5) is 15.7. The van der Waals surface area contributed by atoms with Crippen molar-refractivity contribution in [3.63, 3.8) is 0 Å². The Hall–Kier alpha value is -2.10. The molecule has 0 aliphatic rings. The van der Waals surface area contributed by atoms with Crippen LogP contribution in [0.2, 0.25) is 10.0 Å². The molecule has 0 fully saturated rings. The van der Waals surface area contributed by atoms with Crippen molar-refractivity contribution in [2.45, 2.75) is 11.8 Å². The molecule has 1 amide bonds. The van der Waals surface area contributed by atoms with Crippen LogP contribution in [0.15, 0.2) is 40.5 Å². The van der Waals surface area contributed by atoms with E-state index in [0.717, 1.165) is 11.8 Å². The summed E-state index contributed by atoms with van der Waals surface area (Å²) < 4.78 is 6.98. The molecule has 2 heterocycles. The van der Waals surface area contributed by atoms with Gasteiger partial charge in [0.2, 0.25) is 11.8 Å². The summed E-state index contributed by atoms with van der Waals surface area (Å²) in [5.74, 6) is 0.271. The maximum atomic E-state index is 11.9. The summed E-state index contributed by atoms with van der Waals surface area (Å²) in [6, 6.07) is 4.86. The first-order valence-electron chi connectivity index (χ1n) is 6.62. The molecule has 3 aromatic rings. The number of anilines is 1. The second kappa shape index (κ2) is 7.65. The van der Waals surface area contributed by atoms with Crippen LogP contribution >= 0.6 is 35.0 Å². The normalized spacial score (nSPS) is 10.8. The van der Waals surface area contributed by atoms with E-state index in [2.05, 4.69) is 25.6 Å². The van der Waals surface area contributed by atoms with Gasteiger partial charge in [0.25, 0.3) is 5.22 Å². The number of rotatable bonds is 6. The van der Waals surface area contributed by atoms with Gasteiger partial charge in [0, 0.05) is 5.69 Å². The van der Waals surface area contributed by atoms with Gasteiger partial charge in [-0.1, -0.05) is 35.0 Å². The Labute approximate surface area is 150 Å². The first-order valence-corrected chi connectivity index (χ1v) is 8.37. The highest BCUT2D eigenvalue weighted by atomic mass is 35.5. The van der Waals surface area contributed by atoms with Gasteiger partial charge in [-0.2, -0.15) is 5.10 Å². The molecule has 2 aromatic heterocycles. The van der Waals surface area contributed by atoms with Crippen LogP contribution < -0.4 is 5.32 Å². The van der Waals surface area contributed by atoms with Crippen LogP contribution in [0.1, 0.15) is 5.89 Å². The van der Waals surface area contributed by atoms with E-state index < -0.39 is 0 Å². The Balaban J connectivity index is 1.51. The third-order valence-electron chi connectivity index (χ3n) is 2.74. The fourth-order valence-electron chi connectivity index (χ4n) is 1.71. The minimum atomic E-state index is -0.227. The SMILES string of the molecule is O=C(CSc1nnc(Cn2cncn2)o1)Nc1ccc(Cl)c(Cl)c1. The summed E-state index contributed by atoms with van der Waals surface area (Å²) >= 11 is 12.9. The zero-order valence-corrected chi connectivity index (χ0v) is 14.3. The molecule has 0 atom stereocenters. The van der Waals surface area contributed by atoms with E-state index in [-0.39, 0.29) is 11.7 Å². The molecule has 24 heavy (non-hydrogen) atoms. The molecule has 3 rings (SSSR count). The highest BCUT2D eigenvalue weighted by Gasteiger charge is 2.11. The molecule has 124 valence electrons. The smallest absolute Gasteiger partial charge is 0.277 e. The van der Waals surface area contributed by atoms with Crippen LogP contribution in [-0.4, -0.2) is 36.6 Å². The minimum Gasteiger partial charge on any atom is -0.414 e. The van der Waals surface area contributed by atoms with E-state index in [1.807, 2.05) is 0 Å². The Morgan fingerprint density at radius 1 is 1.29 bits per heavy atom. The van der Waals surface area contributed by atoms with Crippen LogP contribution in [0.3, 0.4) is 0 Å². The molecule has 0 aliphatic carbocycles. The standard InChI is InChI=1S/C13H10Cl2N6O2S/c14-9-2-1-8(3-10(9)15)18-11(22)5-24-13-20-19-12(23-13)4-21-7-16-6-17-21/h1-3,6-7H,4-5H2,(H,18,22). The molecule has 0 radical (unpaired) electrons. The molecular formula is C13H10Cl2N6O2S. The fourth-order valence-corrected chi connectivity index (χ4v) is 2.59. The maximum Gasteiger partial charge on any atom is 0.277 e. The minimum absolute atomic E-state index is 0.116. The lowest BCUT2D eigenvalue weighted by Gasteiger charge is -2.05. The summed E-state index contributed by atoms with van der Waals surface area (Å²) in [6.07, 6.45) is 2.96. The number of thioether (sulfide) groups is 1. The molecular weight excluding hydrogens is 375 g/mol. The van der Waals surface area contributed by atoms with Crippen molar-refractivity contribution < 1.29 is 9.21 Å². The van der Waals surface area contributed by atoms with Gasteiger partial charge in [0.15, 0.2) is 0 Å². The monoisotopic (exact) mass is 384 g/mol. The molecule has 0 spiro atoms. The lowest BCUT2D eigenvalue weighted by Crippen LogP contribution is -2.13. The molecule has 1 N–H and O–H groups in total. The van der Waals surface area contributed by atoms with Gasteiger partial charge >= 0.3 is 0 Å². The van der Waals surface area contributed by atoms with Crippen LogP contribution in [-0.2, 0) is 11.3 Å². The van der Waals surface area contributed by atoms with Gasteiger partial charge in [0.05, 0.1) is 15.8 Å². The number of halogens is 2. The predicted octanol–water partition coefficient (Wildman–Crippen LogP) is 2.75. The molecule has 0 saturated heterocycles. The average molecular weight is 385 g/mol. The van der Waals surface area contributed by atoms with Crippen molar-refractivity contribution in [2.24, 2.45) is 0 Å². The van der Waals surface area contributed by atoms with Crippen LogP contribution in [0, 0.1) is 0 Å². The van der Waals surface area contributed by atoms with E-state index in [1.165, 1.54) is 6.33 Å². The van der Waals surface area contributed by atoms with E-state index >= 15 is 0 Å². The number of aromatic nitrogens is 5. The third kappa shape index (κ3) is 4.47. The van der Waals surface area contributed by atoms with Gasteiger partial charge < -0.3 is 9.73 Å². The fraction of sp³-hybridized carbons (Fsp3) is 0.154. The first kappa shape index (κ1) is 16.7. The second-order valence-corrected chi connectivity index (χ2v) is 6.26. The lowest BCUT2D eigenvalue weighted by molar-refractivity contribution is -0.113. The van der Waals surface area contributed by atoms with Crippen molar-refractivity contribution >= 4 is 46.6 Å². The average Bonchev–Trinajstić information content (AvgIpc) is 3.21. The van der Waals surface area contributed by atoms with Crippen LogP contribution in [0.5, 0.6) is 0 Å². The second-order valence-electron chi connectivity index (χ2n) is 4.52. The highest BCUT2D eigenvalue weighted by molar-refractivity contribution is 7.99.